The summed E-state index contributed by atoms with van der Waals surface area (Å²) < 4.78 is 46.7. The van der Waals surface area contributed by atoms with Gasteiger partial charge in [-0.15, -0.1) is 0 Å². The van der Waals surface area contributed by atoms with Crippen molar-refractivity contribution in [3.05, 3.63) is 54.6 Å². The number of ether oxygens (including phenoxy) is 3. The molecule has 0 atom stereocenters. The lowest BCUT2D eigenvalue weighted by molar-refractivity contribution is 0.122. The Balaban J connectivity index is 1.77. The zero-order chi connectivity index (χ0) is 22.6. The second-order valence-corrected chi connectivity index (χ2v) is 9.02. The lowest BCUT2D eigenvalue weighted by atomic mass is 10.1. The van der Waals surface area contributed by atoms with Crippen molar-refractivity contribution in [2.24, 2.45) is 0 Å². The number of hydrogen-bond acceptors (Lipinski definition) is 6. The minimum absolute atomic E-state index is 0.216. The summed E-state index contributed by atoms with van der Waals surface area (Å²) in [6.45, 7) is 7.35. The van der Waals surface area contributed by atoms with Crippen molar-refractivity contribution in [2.75, 3.05) is 49.1 Å². The van der Waals surface area contributed by atoms with E-state index >= 15 is 0 Å². The third-order valence-corrected chi connectivity index (χ3v) is 6.72. The van der Waals surface area contributed by atoms with Gasteiger partial charge in [-0.1, -0.05) is 36.4 Å². The van der Waals surface area contributed by atoms with Crippen LogP contribution in [0.2, 0.25) is 0 Å². The van der Waals surface area contributed by atoms with Crippen LogP contribution in [0.1, 0.15) is 13.8 Å². The van der Waals surface area contributed by atoms with Crippen molar-refractivity contribution in [2.45, 2.75) is 18.7 Å². The molecule has 170 valence electrons. The smallest absolute Gasteiger partial charge is 0.262 e. The van der Waals surface area contributed by atoms with Gasteiger partial charge in [-0.2, -0.15) is 0 Å². The predicted molar refractivity (Wildman–Crippen MR) is 127 cm³/mol. The van der Waals surface area contributed by atoms with Crippen LogP contribution in [0, 0.1) is 0 Å². The molecule has 0 amide bonds. The minimum Gasteiger partial charge on any atom is -0.492 e. The van der Waals surface area contributed by atoms with Crippen molar-refractivity contribution in [1.82, 2.24) is 0 Å². The lowest BCUT2D eigenvalue weighted by Crippen LogP contribution is -2.36. The molecule has 7 nitrogen and oxygen atoms in total. The van der Waals surface area contributed by atoms with Gasteiger partial charge < -0.3 is 19.1 Å². The highest BCUT2D eigenvalue weighted by Gasteiger charge is 2.23. The van der Waals surface area contributed by atoms with E-state index in [0.717, 1.165) is 24.2 Å². The number of fused-ring (bicyclic) bond motifs is 1. The van der Waals surface area contributed by atoms with Gasteiger partial charge in [0.2, 0.25) is 0 Å². The van der Waals surface area contributed by atoms with E-state index in [4.69, 9.17) is 14.2 Å². The molecule has 0 spiro atoms. The molecule has 1 fully saturated rings. The average molecular weight is 457 g/mol. The molecule has 1 aliphatic rings. The first-order valence-corrected chi connectivity index (χ1v) is 12.3. The molecule has 0 saturated carbocycles. The summed E-state index contributed by atoms with van der Waals surface area (Å²) in [6, 6.07) is 16.2. The molecule has 1 N–H and O–H groups in total. The maximum absolute atomic E-state index is 13.4. The normalized spacial score (nSPS) is 14.4. The summed E-state index contributed by atoms with van der Waals surface area (Å²) >= 11 is 0. The Labute approximate surface area is 188 Å². The summed E-state index contributed by atoms with van der Waals surface area (Å²) in [5.41, 5.74) is 1.21. The highest BCUT2D eigenvalue weighted by atomic mass is 32.2. The van der Waals surface area contributed by atoms with Crippen LogP contribution in [0.4, 0.5) is 11.4 Å². The van der Waals surface area contributed by atoms with Gasteiger partial charge in [-0.25, -0.2) is 8.42 Å². The Bertz CT molecular complexity index is 1180. The number of nitrogens with zero attached hydrogens (tertiary/aromatic N) is 1. The SMILES string of the molecule is CCOc1cc(N2CCOCC2)c(OCC)cc1NS(=O)(=O)c1cccc2ccccc12. The van der Waals surface area contributed by atoms with Gasteiger partial charge in [0.15, 0.2) is 0 Å². The number of anilines is 2. The zero-order valence-corrected chi connectivity index (χ0v) is 19.2. The molecule has 0 aliphatic carbocycles. The van der Waals surface area contributed by atoms with Crippen LogP contribution in [-0.2, 0) is 14.8 Å². The van der Waals surface area contributed by atoms with Crippen LogP contribution in [-0.4, -0.2) is 47.9 Å². The lowest BCUT2D eigenvalue weighted by Gasteiger charge is -2.31. The topological polar surface area (TPSA) is 77.1 Å². The first-order valence-electron chi connectivity index (χ1n) is 10.8. The number of rotatable bonds is 8. The molecule has 0 radical (unpaired) electrons. The van der Waals surface area contributed by atoms with Gasteiger partial charge in [0.1, 0.15) is 11.5 Å². The third-order valence-electron chi connectivity index (χ3n) is 5.30. The molecule has 32 heavy (non-hydrogen) atoms. The largest absolute Gasteiger partial charge is 0.492 e. The first kappa shape index (κ1) is 22.2. The fourth-order valence-corrected chi connectivity index (χ4v) is 5.15. The summed E-state index contributed by atoms with van der Waals surface area (Å²) in [5, 5.41) is 1.52. The molecule has 3 aromatic carbocycles. The molecule has 1 heterocycles. The number of morpholine rings is 1. The van der Waals surface area contributed by atoms with Gasteiger partial charge in [-0.05, 0) is 25.3 Å². The van der Waals surface area contributed by atoms with Gasteiger partial charge in [0.25, 0.3) is 10.0 Å². The quantitative estimate of drug-likeness (QED) is 0.545. The maximum atomic E-state index is 13.4. The Morgan fingerprint density at radius 2 is 1.62 bits per heavy atom. The van der Waals surface area contributed by atoms with Gasteiger partial charge in [0.05, 0.1) is 42.7 Å². The van der Waals surface area contributed by atoms with Crippen LogP contribution in [0.3, 0.4) is 0 Å². The molecule has 3 aromatic rings. The van der Waals surface area contributed by atoms with Crippen LogP contribution in [0.25, 0.3) is 10.8 Å². The van der Waals surface area contributed by atoms with E-state index in [1.165, 1.54) is 0 Å². The van der Waals surface area contributed by atoms with E-state index in [-0.39, 0.29) is 4.90 Å². The van der Waals surface area contributed by atoms with Gasteiger partial charge in [-0.3, -0.25) is 4.72 Å². The molecule has 8 heteroatoms. The van der Waals surface area contributed by atoms with Crippen LogP contribution >= 0.6 is 0 Å². The van der Waals surface area contributed by atoms with E-state index in [2.05, 4.69) is 9.62 Å². The summed E-state index contributed by atoms with van der Waals surface area (Å²) in [4.78, 5) is 2.38. The van der Waals surface area contributed by atoms with Crippen LogP contribution < -0.4 is 19.1 Å². The number of nitrogens with one attached hydrogen (secondary N) is 1. The van der Waals surface area contributed by atoms with Crippen molar-refractivity contribution < 1.29 is 22.6 Å². The van der Waals surface area contributed by atoms with Crippen molar-refractivity contribution in [3.63, 3.8) is 0 Å². The Hall–Kier alpha value is -2.97. The minimum atomic E-state index is -3.87. The standard InChI is InChI=1S/C24H28N2O5S/c1-3-30-22-17-21(26-12-14-29-15-13-26)23(31-4-2)16-20(22)25-32(27,28)24-11-7-9-18-8-5-6-10-19(18)24/h5-11,16-17,25H,3-4,12-15H2,1-2H3. The predicted octanol–water partition coefficient (Wildman–Crippen LogP) is 4.27. The van der Waals surface area contributed by atoms with E-state index in [0.29, 0.717) is 49.0 Å². The van der Waals surface area contributed by atoms with Gasteiger partial charge in [0, 0.05) is 30.6 Å². The summed E-state index contributed by atoms with van der Waals surface area (Å²) in [7, 11) is -3.87. The maximum Gasteiger partial charge on any atom is 0.262 e. The molecule has 0 aromatic heterocycles. The van der Waals surface area contributed by atoms with Crippen molar-refractivity contribution in [3.8, 4) is 11.5 Å². The number of benzene rings is 3. The molecular weight excluding hydrogens is 428 g/mol. The second kappa shape index (κ2) is 9.67. The molecule has 0 bridgehead atoms. The summed E-state index contributed by atoms with van der Waals surface area (Å²) in [5.74, 6) is 1.06. The fraction of sp³-hybridized carbons (Fsp3) is 0.333. The van der Waals surface area contributed by atoms with Crippen LogP contribution in [0.15, 0.2) is 59.5 Å². The first-order chi connectivity index (χ1) is 15.5. The third kappa shape index (κ3) is 4.61. The highest BCUT2D eigenvalue weighted by Crippen LogP contribution is 2.40. The molecule has 4 rings (SSSR count). The van der Waals surface area contributed by atoms with E-state index in [1.54, 1.807) is 24.3 Å². The van der Waals surface area contributed by atoms with Crippen LogP contribution in [0.5, 0.6) is 11.5 Å². The molecular formula is C24H28N2O5S. The molecule has 0 unspecified atom stereocenters. The fourth-order valence-electron chi connectivity index (χ4n) is 3.86. The Morgan fingerprint density at radius 3 is 2.38 bits per heavy atom. The monoisotopic (exact) mass is 456 g/mol. The Morgan fingerprint density at radius 1 is 0.938 bits per heavy atom. The average Bonchev–Trinajstić information content (AvgIpc) is 2.81. The van der Waals surface area contributed by atoms with E-state index in [9.17, 15) is 8.42 Å². The zero-order valence-electron chi connectivity index (χ0n) is 18.3. The summed E-state index contributed by atoms with van der Waals surface area (Å²) in [6.07, 6.45) is 0. The Kier molecular flexibility index (Phi) is 6.72. The number of hydrogen-bond donors (Lipinski definition) is 1. The highest BCUT2D eigenvalue weighted by molar-refractivity contribution is 7.93. The van der Waals surface area contributed by atoms with E-state index < -0.39 is 10.0 Å². The van der Waals surface area contributed by atoms with E-state index in [1.807, 2.05) is 44.2 Å². The van der Waals surface area contributed by atoms with Gasteiger partial charge >= 0.3 is 0 Å². The molecule has 1 aliphatic heterocycles. The van der Waals surface area contributed by atoms with Crippen molar-refractivity contribution >= 4 is 32.2 Å². The second-order valence-electron chi connectivity index (χ2n) is 7.36. The molecule has 1 saturated heterocycles. The van der Waals surface area contributed by atoms with Crippen molar-refractivity contribution in [1.29, 1.82) is 0 Å². The number of sulfonamides is 1.